The van der Waals surface area contributed by atoms with Crippen LogP contribution in [0.5, 0.6) is 11.5 Å². The highest BCUT2D eigenvalue weighted by Gasteiger charge is 2.22. The zero-order valence-electron chi connectivity index (χ0n) is 15.5. The Bertz CT molecular complexity index is 773. The van der Waals surface area contributed by atoms with Gasteiger partial charge in [0, 0.05) is 19.3 Å². The number of rotatable bonds is 6. The lowest BCUT2D eigenvalue weighted by molar-refractivity contribution is 0.0940. The molecule has 2 aromatic rings. The summed E-state index contributed by atoms with van der Waals surface area (Å²) in [7, 11) is 3.20. The van der Waals surface area contributed by atoms with Gasteiger partial charge in [-0.15, -0.1) is 0 Å². The van der Waals surface area contributed by atoms with E-state index in [1.165, 1.54) is 0 Å². The van der Waals surface area contributed by atoms with Crippen LogP contribution in [0.3, 0.4) is 0 Å². The van der Waals surface area contributed by atoms with Crippen molar-refractivity contribution in [2.24, 2.45) is 0 Å². The number of nitrogens with one attached hydrogen (secondary N) is 1. The monoisotopic (exact) mass is 355 g/mol. The quantitative estimate of drug-likeness (QED) is 0.862. The van der Waals surface area contributed by atoms with Crippen LogP contribution in [0.4, 0.5) is 5.82 Å². The molecule has 0 aliphatic carbocycles. The molecule has 1 aliphatic rings. The molecule has 0 saturated carbocycles. The van der Waals surface area contributed by atoms with E-state index in [0.717, 1.165) is 37.3 Å². The van der Waals surface area contributed by atoms with Gasteiger partial charge in [-0.25, -0.2) is 4.98 Å². The molecule has 1 fully saturated rings. The maximum Gasteiger partial charge on any atom is 0.255 e. The van der Waals surface area contributed by atoms with Crippen molar-refractivity contribution in [3.05, 3.63) is 47.7 Å². The zero-order valence-corrected chi connectivity index (χ0v) is 15.5. The number of ether oxygens (including phenoxy) is 2. The van der Waals surface area contributed by atoms with Crippen LogP contribution in [0.15, 0.2) is 36.5 Å². The predicted molar refractivity (Wildman–Crippen MR) is 101 cm³/mol. The smallest absolute Gasteiger partial charge is 0.255 e. The minimum absolute atomic E-state index is 0.123. The highest BCUT2D eigenvalue weighted by molar-refractivity contribution is 5.99. The number of benzene rings is 1. The Balaban J connectivity index is 1.78. The Morgan fingerprint density at radius 3 is 2.58 bits per heavy atom. The fourth-order valence-corrected chi connectivity index (χ4v) is 3.24. The third kappa shape index (κ3) is 3.74. The van der Waals surface area contributed by atoms with E-state index < -0.39 is 0 Å². The number of nitrogens with zero attached hydrogens (tertiary/aromatic N) is 2. The first-order valence-corrected chi connectivity index (χ1v) is 8.86. The third-order valence-corrected chi connectivity index (χ3v) is 4.69. The Morgan fingerprint density at radius 1 is 1.15 bits per heavy atom. The first-order chi connectivity index (χ1) is 12.6. The number of hydrogen-bond donors (Lipinski definition) is 1. The molecule has 1 N–H and O–H groups in total. The number of anilines is 1. The largest absolute Gasteiger partial charge is 0.493 e. The second-order valence-corrected chi connectivity index (χ2v) is 6.38. The maximum absolute atomic E-state index is 12.8. The summed E-state index contributed by atoms with van der Waals surface area (Å²) in [5.74, 6) is 1.95. The normalized spacial score (nSPS) is 14.8. The lowest BCUT2D eigenvalue weighted by Crippen LogP contribution is -2.30. The molecule has 0 spiro atoms. The van der Waals surface area contributed by atoms with Crippen molar-refractivity contribution in [2.75, 3.05) is 32.2 Å². The molecule has 1 aromatic carbocycles. The predicted octanol–water partition coefficient (Wildman–Crippen LogP) is 3.19. The summed E-state index contributed by atoms with van der Waals surface area (Å²) in [5, 5.41) is 3.06. The summed E-state index contributed by atoms with van der Waals surface area (Å²) >= 11 is 0. The van der Waals surface area contributed by atoms with Crippen molar-refractivity contribution in [1.29, 1.82) is 0 Å². The second kappa shape index (κ2) is 8.08. The van der Waals surface area contributed by atoms with Crippen LogP contribution in [0.25, 0.3) is 0 Å². The molecule has 2 heterocycles. The van der Waals surface area contributed by atoms with Crippen LogP contribution in [0.2, 0.25) is 0 Å². The van der Waals surface area contributed by atoms with Gasteiger partial charge in [0.2, 0.25) is 0 Å². The SMILES string of the molecule is COc1ccc([C@@H](C)NC(=O)c2cccnc2N2CCCC2)cc1OC. The summed E-state index contributed by atoms with van der Waals surface area (Å²) in [6.45, 7) is 3.84. The van der Waals surface area contributed by atoms with Gasteiger partial charge in [-0.1, -0.05) is 6.07 Å². The lowest BCUT2D eigenvalue weighted by Gasteiger charge is -2.21. The van der Waals surface area contributed by atoms with E-state index in [2.05, 4.69) is 15.2 Å². The molecule has 6 nitrogen and oxygen atoms in total. The van der Waals surface area contributed by atoms with Gasteiger partial charge in [0.25, 0.3) is 5.91 Å². The molecule has 6 heteroatoms. The topological polar surface area (TPSA) is 63.7 Å². The van der Waals surface area contributed by atoms with Gasteiger partial charge < -0.3 is 19.7 Å². The van der Waals surface area contributed by atoms with Gasteiger partial charge in [0.15, 0.2) is 11.5 Å². The highest BCUT2D eigenvalue weighted by atomic mass is 16.5. The number of amides is 1. The van der Waals surface area contributed by atoms with Crippen LogP contribution in [-0.2, 0) is 0 Å². The molecule has 3 rings (SSSR count). The number of aromatic nitrogens is 1. The van der Waals surface area contributed by atoms with Gasteiger partial charge in [0.1, 0.15) is 5.82 Å². The summed E-state index contributed by atoms with van der Waals surface area (Å²) in [6.07, 6.45) is 4.02. The first kappa shape index (κ1) is 18.0. The fourth-order valence-electron chi connectivity index (χ4n) is 3.24. The molecule has 1 saturated heterocycles. The second-order valence-electron chi connectivity index (χ2n) is 6.38. The van der Waals surface area contributed by atoms with Gasteiger partial charge in [-0.3, -0.25) is 4.79 Å². The molecular weight excluding hydrogens is 330 g/mol. The van der Waals surface area contributed by atoms with E-state index in [1.54, 1.807) is 26.5 Å². The average Bonchev–Trinajstić information content (AvgIpc) is 3.22. The Morgan fingerprint density at radius 2 is 1.88 bits per heavy atom. The summed E-state index contributed by atoms with van der Waals surface area (Å²) in [5.41, 5.74) is 1.56. The summed E-state index contributed by atoms with van der Waals surface area (Å²) < 4.78 is 10.6. The van der Waals surface area contributed by atoms with E-state index >= 15 is 0 Å². The van der Waals surface area contributed by atoms with Crippen LogP contribution >= 0.6 is 0 Å². The van der Waals surface area contributed by atoms with E-state index in [4.69, 9.17) is 9.47 Å². The average molecular weight is 355 g/mol. The van der Waals surface area contributed by atoms with Gasteiger partial charge in [-0.2, -0.15) is 0 Å². The Labute approximate surface area is 154 Å². The van der Waals surface area contributed by atoms with E-state index in [0.29, 0.717) is 17.1 Å². The number of carbonyl (C=O) groups excluding carboxylic acids is 1. The van der Waals surface area contributed by atoms with Gasteiger partial charge in [0.05, 0.1) is 25.8 Å². The van der Waals surface area contributed by atoms with E-state index in [9.17, 15) is 4.79 Å². The van der Waals surface area contributed by atoms with Crippen molar-refractivity contribution in [2.45, 2.75) is 25.8 Å². The zero-order chi connectivity index (χ0) is 18.5. The van der Waals surface area contributed by atoms with Crippen molar-refractivity contribution in [3.63, 3.8) is 0 Å². The van der Waals surface area contributed by atoms with Gasteiger partial charge in [-0.05, 0) is 49.6 Å². The molecular formula is C20H25N3O3. The first-order valence-electron chi connectivity index (χ1n) is 8.86. The summed E-state index contributed by atoms with van der Waals surface area (Å²) in [4.78, 5) is 19.5. The molecule has 0 radical (unpaired) electrons. The van der Waals surface area contributed by atoms with E-state index in [-0.39, 0.29) is 11.9 Å². The molecule has 0 unspecified atom stereocenters. The highest BCUT2D eigenvalue weighted by Crippen LogP contribution is 2.30. The molecule has 26 heavy (non-hydrogen) atoms. The van der Waals surface area contributed by atoms with Crippen LogP contribution in [0, 0.1) is 0 Å². The fraction of sp³-hybridized carbons (Fsp3) is 0.400. The standard InChI is InChI=1S/C20H25N3O3/c1-14(15-8-9-17(25-2)18(13-15)26-3)22-20(24)16-7-6-10-21-19(16)23-11-4-5-12-23/h6-10,13-14H,4-5,11-12H2,1-3H3,(H,22,24)/t14-/m1/s1. The molecule has 1 aromatic heterocycles. The minimum Gasteiger partial charge on any atom is -0.493 e. The molecule has 0 bridgehead atoms. The lowest BCUT2D eigenvalue weighted by atomic mass is 10.1. The molecule has 1 aliphatic heterocycles. The molecule has 1 atom stereocenters. The van der Waals surface area contributed by atoms with Crippen LogP contribution in [0.1, 0.15) is 41.7 Å². The Kier molecular flexibility index (Phi) is 5.61. The molecule has 138 valence electrons. The van der Waals surface area contributed by atoms with Crippen molar-refractivity contribution < 1.29 is 14.3 Å². The minimum atomic E-state index is -0.172. The van der Waals surface area contributed by atoms with Crippen molar-refractivity contribution in [1.82, 2.24) is 10.3 Å². The van der Waals surface area contributed by atoms with Crippen molar-refractivity contribution >= 4 is 11.7 Å². The van der Waals surface area contributed by atoms with Crippen molar-refractivity contribution in [3.8, 4) is 11.5 Å². The number of hydrogen-bond acceptors (Lipinski definition) is 5. The third-order valence-electron chi connectivity index (χ3n) is 4.69. The Hall–Kier alpha value is -2.76. The molecule has 1 amide bonds. The maximum atomic E-state index is 12.8. The number of methoxy groups -OCH3 is 2. The van der Waals surface area contributed by atoms with E-state index in [1.807, 2.05) is 31.2 Å². The van der Waals surface area contributed by atoms with Crippen LogP contribution in [-0.4, -0.2) is 38.2 Å². The number of pyridine rings is 1. The summed E-state index contributed by atoms with van der Waals surface area (Å²) in [6, 6.07) is 9.11. The van der Waals surface area contributed by atoms with Gasteiger partial charge >= 0.3 is 0 Å². The number of carbonyl (C=O) groups is 1. The van der Waals surface area contributed by atoms with Crippen LogP contribution < -0.4 is 19.7 Å².